The molecular formula is C13H19NO4S. The first-order valence-electron chi connectivity index (χ1n) is 6.44. The van der Waals surface area contributed by atoms with Crippen molar-refractivity contribution in [1.82, 2.24) is 0 Å². The molecule has 0 unspecified atom stereocenters. The zero-order valence-electron chi connectivity index (χ0n) is 10.7. The molecular weight excluding hydrogens is 266 g/mol. The molecule has 1 saturated heterocycles. The van der Waals surface area contributed by atoms with Gasteiger partial charge in [0.2, 0.25) is 0 Å². The number of aliphatic hydroxyl groups excluding tert-OH is 1. The van der Waals surface area contributed by atoms with Crippen LogP contribution >= 0.6 is 0 Å². The fourth-order valence-corrected chi connectivity index (χ4v) is 2.97. The summed E-state index contributed by atoms with van der Waals surface area (Å²) in [6.45, 7) is 2.07. The Morgan fingerprint density at radius 1 is 1.16 bits per heavy atom. The average molecular weight is 285 g/mol. The lowest BCUT2D eigenvalue weighted by Crippen LogP contribution is -2.33. The van der Waals surface area contributed by atoms with Crippen molar-refractivity contribution in [2.45, 2.75) is 24.2 Å². The molecule has 0 amide bonds. The van der Waals surface area contributed by atoms with Gasteiger partial charge in [-0.15, -0.1) is 0 Å². The first-order valence-corrected chi connectivity index (χ1v) is 7.88. The van der Waals surface area contributed by atoms with Gasteiger partial charge in [0.1, 0.15) is 0 Å². The Bertz CT molecular complexity index is 504. The number of hydrogen-bond acceptors (Lipinski definition) is 4. The minimum absolute atomic E-state index is 0.0774. The number of anilines is 1. The van der Waals surface area contributed by atoms with Gasteiger partial charge in [-0.3, -0.25) is 4.55 Å². The van der Waals surface area contributed by atoms with Crippen molar-refractivity contribution in [1.29, 1.82) is 0 Å². The topological polar surface area (TPSA) is 77.8 Å². The molecule has 0 bridgehead atoms. The zero-order chi connectivity index (χ0) is 13.9. The molecule has 0 aliphatic carbocycles. The van der Waals surface area contributed by atoms with Gasteiger partial charge >= 0.3 is 0 Å². The molecule has 1 aliphatic rings. The van der Waals surface area contributed by atoms with Crippen LogP contribution in [-0.4, -0.2) is 37.8 Å². The number of benzene rings is 1. The van der Waals surface area contributed by atoms with Crippen LogP contribution in [0.2, 0.25) is 0 Å². The second kappa shape index (κ2) is 5.90. The number of rotatable bonds is 4. The highest BCUT2D eigenvalue weighted by molar-refractivity contribution is 7.85. The lowest BCUT2D eigenvalue weighted by Gasteiger charge is -2.33. The Kier molecular flexibility index (Phi) is 4.44. The summed E-state index contributed by atoms with van der Waals surface area (Å²) in [5, 5.41) is 8.91. The molecule has 0 radical (unpaired) electrons. The summed E-state index contributed by atoms with van der Waals surface area (Å²) in [4.78, 5) is 2.12. The predicted molar refractivity (Wildman–Crippen MR) is 72.9 cm³/mol. The Balaban J connectivity index is 2.00. The maximum absolute atomic E-state index is 11.0. The fourth-order valence-electron chi connectivity index (χ4n) is 2.49. The van der Waals surface area contributed by atoms with Crippen LogP contribution in [0.15, 0.2) is 29.2 Å². The lowest BCUT2D eigenvalue weighted by molar-refractivity contribution is 0.240. The van der Waals surface area contributed by atoms with E-state index in [1.54, 1.807) is 12.1 Å². The van der Waals surface area contributed by atoms with E-state index in [0.29, 0.717) is 5.92 Å². The Labute approximate surface area is 113 Å². The standard InChI is InChI=1S/C13H19NO4S/c15-10-7-11-5-8-14(9-6-11)12-1-3-13(4-2-12)19(16,17)18/h1-4,11,15H,5-10H2,(H,16,17,18). The summed E-state index contributed by atoms with van der Waals surface area (Å²) in [6.07, 6.45) is 2.94. The van der Waals surface area contributed by atoms with E-state index in [9.17, 15) is 8.42 Å². The van der Waals surface area contributed by atoms with E-state index in [2.05, 4.69) is 4.90 Å². The molecule has 1 aliphatic heterocycles. The molecule has 1 fully saturated rings. The summed E-state index contributed by atoms with van der Waals surface area (Å²) in [5.41, 5.74) is 0.967. The molecule has 6 heteroatoms. The average Bonchev–Trinajstić information content (AvgIpc) is 2.39. The Morgan fingerprint density at radius 2 is 1.74 bits per heavy atom. The van der Waals surface area contributed by atoms with Crippen LogP contribution in [0.25, 0.3) is 0 Å². The highest BCUT2D eigenvalue weighted by Crippen LogP contribution is 2.25. The van der Waals surface area contributed by atoms with Gasteiger partial charge in [-0.05, 0) is 49.4 Å². The third-order valence-corrected chi connectivity index (χ3v) is 4.52. The highest BCUT2D eigenvalue weighted by atomic mass is 32.2. The Morgan fingerprint density at radius 3 is 2.21 bits per heavy atom. The summed E-state index contributed by atoms with van der Waals surface area (Å²) in [7, 11) is -4.11. The number of nitrogens with zero attached hydrogens (tertiary/aromatic N) is 1. The zero-order valence-corrected chi connectivity index (χ0v) is 11.5. The van der Waals surface area contributed by atoms with Gasteiger partial charge in [-0.25, -0.2) is 0 Å². The summed E-state index contributed by atoms with van der Waals surface area (Å²) < 4.78 is 30.8. The van der Waals surface area contributed by atoms with E-state index in [1.165, 1.54) is 12.1 Å². The smallest absolute Gasteiger partial charge is 0.294 e. The van der Waals surface area contributed by atoms with Crippen LogP contribution in [0.3, 0.4) is 0 Å². The quantitative estimate of drug-likeness (QED) is 0.820. The van der Waals surface area contributed by atoms with E-state index in [4.69, 9.17) is 9.66 Å². The highest BCUT2D eigenvalue weighted by Gasteiger charge is 2.19. The SMILES string of the molecule is O=S(=O)(O)c1ccc(N2CCC(CCO)CC2)cc1. The molecule has 2 N–H and O–H groups in total. The maximum atomic E-state index is 11.0. The van der Waals surface area contributed by atoms with Crippen molar-refractivity contribution in [2.75, 3.05) is 24.6 Å². The van der Waals surface area contributed by atoms with E-state index < -0.39 is 10.1 Å². The molecule has 106 valence electrons. The van der Waals surface area contributed by atoms with Gasteiger partial charge < -0.3 is 10.0 Å². The fraction of sp³-hybridized carbons (Fsp3) is 0.538. The third kappa shape index (κ3) is 3.68. The van der Waals surface area contributed by atoms with Crippen molar-refractivity contribution < 1.29 is 18.1 Å². The second-order valence-electron chi connectivity index (χ2n) is 4.91. The minimum atomic E-state index is -4.11. The third-order valence-electron chi connectivity index (χ3n) is 3.65. The summed E-state index contributed by atoms with van der Waals surface area (Å²) in [6, 6.07) is 6.28. The van der Waals surface area contributed by atoms with E-state index in [1.807, 2.05) is 0 Å². The molecule has 1 aromatic carbocycles. The second-order valence-corrected chi connectivity index (χ2v) is 6.33. The summed E-state index contributed by atoms with van der Waals surface area (Å²) in [5.74, 6) is 0.582. The van der Waals surface area contributed by atoms with Gasteiger partial charge in [0.25, 0.3) is 10.1 Å². The maximum Gasteiger partial charge on any atom is 0.294 e. The number of piperidine rings is 1. The molecule has 2 rings (SSSR count). The molecule has 0 aromatic heterocycles. The molecule has 0 spiro atoms. The largest absolute Gasteiger partial charge is 0.396 e. The van der Waals surface area contributed by atoms with Crippen molar-refractivity contribution >= 4 is 15.8 Å². The molecule has 1 heterocycles. The van der Waals surface area contributed by atoms with Gasteiger partial charge in [0, 0.05) is 25.4 Å². The Hall–Kier alpha value is -1.11. The van der Waals surface area contributed by atoms with Crippen LogP contribution in [-0.2, 0) is 10.1 Å². The number of aliphatic hydroxyl groups is 1. The van der Waals surface area contributed by atoms with Crippen molar-refractivity contribution in [3.8, 4) is 0 Å². The van der Waals surface area contributed by atoms with Gasteiger partial charge in [-0.1, -0.05) is 0 Å². The normalized spacial score (nSPS) is 17.7. The van der Waals surface area contributed by atoms with Crippen molar-refractivity contribution in [3.05, 3.63) is 24.3 Å². The number of hydrogen-bond donors (Lipinski definition) is 2. The van der Waals surface area contributed by atoms with Crippen LogP contribution in [0.5, 0.6) is 0 Å². The van der Waals surface area contributed by atoms with Crippen LogP contribution < -0.4 is 4.90 Å². The monoisotopic (exact) mass is 285 g/mol. The molecule has 5 nitrogen and oxygen atoms in total. The first-order chi connectivity index (χ1) is 9.00. The van der Waals surface area contributed by atoms with E-state index >= 15 is 0 Å². The van der Waals surface area contributed by atoms with Gasteiger partial charge in [0.15, 0.2) is 0 Å². The lowest BCUT2D eigenvalue weighted by atomic mass is 9.93. The molecule has 19 heavy (non-hydrogen) atoms. The predicted octanol–water partition coefficient (Wildman–Crippen LogP) is 1.53. The molecule has 0 atom stereocenters. The van der Waals surface area contributed by atoms with Crippen LogP contribution in [0.1, 0.15) is 19.3 Å². The van der Waals surface area contributed by atoms with E-state index in [0.717, 1.165) is 38.0 Å². The van der Waals surface area contributed by atoms with Gasteiger partial charge in [-0.2, -0.15) is 8.42 Å². The van der Waals surface area contributed by atoms with Crippen molar-refractivity contribution in [2.24, 2.45) is 5.92 Å². The first kappa shape index (κ1) is 14.3. The van der Waals surface area contributed by atoms with Gasteiger partial charge in [0.05, 0.1) is 4.90 Å². The molecule has 0 saturated carbocycles. The summed E-state index contributed by atoms with van der Waals surface area (Å²) >= 11 is 0. The van der Waals surface area contributed by atoms with Crippen LogP contribution in [0.4, 0.5) is 5.69 Å². The minimum Gasteiger partial charge on any atom is -0.396 e. The molecule has 1 aromatic rings. The van der Waals surface area contributed by atoms with Crippen LogP contribution in [0, 0.1) is 5.92 Å². The van der Waals surface area contributed by atoms with Crippen molar-refractivity contribution in [3.63, 3.8) is 0 Å². The van der Waals surface area contributed by atoms with E-state index in [-0.39, 0.29) is 11.5 Å².